The Morgan fingerprint density at radius 2 is 1.83 bits per heavy atom. The molecule has 0 radical (unpaired) electrons. The lowest BCUT2D eigenvalue weighted by Crippen LogP contribution is -2.24. The van der Waals surface area contributed by atoms with E-state index in [-0.39, 0.29) is 0 Å². The van der Waals surface area contributed by atoms with Crippen LogP contribution in [0.2, 0.25) is 5.02 Å². The molecule has 29 heavy (non-hydrogen) atoms. The van der Waals surface area contributed by atoms with Crippen LogP contribution in [0.5, 0.6) is 0 Å². The van der Waals surface area contributed by atoms with Crippen LogP contribution in [0.4, 0.5) is 17.1 Å². The van der Waals surface area contributed by atoms with Crippen LogP contribution in [-0.4, -0.2) is 43.4 Å². The minimum atomic E-state index is 0.600. The fourth-order valence-corrected chi connectivity index (χ4v) is 3.43. The Hall–Kier alpha value is -2.89. The number of rotatable bonds is 8. The second-order valence-corrected chi connectivity index (χ2v) is 7.58. The van der Waals surface area contributed by atoms with E-state index in [2.05, 4.69) is 28.9 Å². The number of nitrogens with zero attached hydrogens (tertiary/aromatic N) is 3. The van der Waals surface area contributed by atoms with Gasteiger partial charge in [-0.05, 0) is 74.6 Å². The highest BCUT2D eigenvalue weighted by Crippen LogP contribution is 2.32. The molecule has 0 aliphatic heterocycles. The van der Waals surface area contributed by atoms with Crippen LogP contribution in [0.1, 0.15) is 16.8 Å². The number of anilines is 3. The molecule has 150 valence electrons. The molecule has 6 heteroatoms. The number of hydrogen-bond acceptors (Lipinski definition) is 5. The Morgan fingerprint density at radius 3 is 2.48 bits per heavy atom. The summed E-state index contributed by atoms with van der Waals surface area (Å²) in [7, 11) is 4.13. The molecule has 0 spiro atoms. The molecule has 0 unspecified atom stereocenters. The number of aldehydes is 1. The van der Waals surface area contributed by atoms with Gasteiger partial charge in [-0.1, -0.05) is 23.7 Å². The highest BCUT2D eigenvalue weighted by molar-refractivity contribution is 6.31. The van der Waals surface area contributed by atoms with Gasteiger partial charge in [-0.25, -0.2) is 0 Å². The van der Waals surface area contributed by atoms with Crippen molar-refractivity contribution in [3.63, 3.8) is 0 Å². The molecular weight excluding hydrogens is 384 g/mol. The maximum absolute atomic E-state index is 11.4. The van der Waals surface area contributed by atoms with E-state index in [9.17, 15) is 4.79 Å². The fraction of sp³-hybridized carbons (Fsp3) is 0.217. The summed E-state index contributed by atoms with van der Waals surface area (Å²) in [5, 5.41) is 0.600. The first-order valence-corrected chi connectivity index (χ1v) is 9.84. The highest BCUT2D eigenvalue weighted by atomic mass is 35.5. The molecule has 1 heterocycles. The van der Waals surface area contributed by atoms with Crippen LogP contribution >= 0.6 is 11.6 Å². The monoisotopic (exact) mass is 408 g/mol. The van der Waals surface area contributed by atoms with Crippen LogP contribution in [-0.2, 0) is 0 Å². The van der Waals surface area contributed by atoms with Gasteiger partial charge in [-0.15, -0.1) is 0 Å². The normalized spacial score (nSPS) is 10.9. The number of carbonyl (C=O) groups excluding carboxylic acids is 1. The van der Waals surface area contributed by atoms with E-state index in [0.29, 0.717) is 16.3 Å². The molecule has 0 saturated heterocycles. The van der Waals surface area contributed by atoms with Gasteiger partial charge in [0.25, 0.3) is 0 Å². The quantitative estimate of drug-likeness (QED) is 0.538. The zero-order valence-corrected chi connectivity index (χ0v) is 17.4. The van der Waals surface area contributed by atoms with E-state index < -0.39 is 0 Å². The van der Waals surface area contributed by atoms with Crippen LogP contribution in [0, 0.1) is 0 Å². The largest absolute Gasteiger partial charge is 0.397 e. The van der Waals surface area contributed by atoms with Gasteiger partial charge in [0.05, 0.1) is 17.6 Å². The molecule has 5 nitrogen and oxygen atoms in total. The van der Waals surface area contributed by atoms with Gasteiger partial charge in [0.1, 0.15) is 0 Å². The highest BCUT2D eigenvalue weighted by Gasteiger charge is 2.14. The van der Waals surface area contributed by atoms with Crippen molar-refractivity contribution in [2.24, 2.45) is 0 Å². The molecule has 1 aromatic heterocycles. The Kier molecular flexibility index (Phi) is 6.86. The number of pyridine rings is 1. The van der Waals surface area contributed by atoms with Crippen molar-refractivity contribution < 1.29 is 4.79 Å². The zero-order chi connectivity index (χ0) is 20.8. The summed E-state index contributed by atoms with van der Waals surface area (Å²) >= 11 is 6.14. The number of nitrogen functional groups attached to an aromatic ring is 1. The lowest BCUT2D eigenvalue weighted by atomic mass is 10.00. The minimum Gasteiger partial charge on any atom is -0.397 e. The van der Waals surface area contributed by atoms with Crippen molar-refractivity contribution in [3.05, 3.63) is 71.5 Å². The Labute approximate surface area is 176 Å². The minimum absolute atomic E-state index is 0.600. The number of aromatic nitrogens is 1. The maximum Gasteiger partial charge on any atom is 0.150 e. The van der Waals surface area contributed by atoms with E-state index >= 15 is 0 Å². The lowest BCUT2D eigenvalue weighted by molar-refractivity contribution is 0.112. The van der Waals surface area contributed by atoms with Gasteiger partial charge in [-0.3, -0.25) is 9.78 Å². The first-order chi connectivity index (χ1) is 14.0. The fourth-order valence-electron chi connectivity index (χ4n) is 3.26. The zero-order valence-electron chi connectivity index (χ0n) is 16.7. The molecule has 0 bridgehead atoms. The smallest absolute Gasteiger partial charge is 0.150 e. The SMILES string of the molecule is CN(C)CCCN(c1ccc(-c2cc(Cl)ccc2C=O)cc1)c1cnccc1N. The second kappa shape index (κ2) is 9.54. The van der Waals surface area contributed by atoms with Gasteiger partial charge in [0.2, 0.25) is 0 Å². The average Bonchev–Trinajstić information content (AvgIpc) is 2.72. The Morgan fingerprint density at radius 1 is 1.07 bits per heavy atom. The predicted octanol–water partition coefficient (Wildman–Crippen LogP) is 4.89. The Bertz CT molecular complexity index is 973. The number of hydrogen-bond donors (Lipinski definition) is 1. The summed E-state index contributed by atoms with van der Waals surface area (Å²) in [5.74, 6) is 0. The van der Waals surface area contributed by atoms with E-state index in [0.717, 1.165) is 48.3 Å². The van der Waals surface area contributed by atoms with Crippen molar-refractivity contribution >= 4 is 34.9 Å². The predicted molar refractivity (Wildman–Crippen MR) is 121 cm³/mol. The van der Waals surface area contributed by atoms with Gasteiger partial charge in [-0.2, -0.15) is 0 Å². The van der Waals surface area contributed by atoms with Crippen LogP contribution in [0.3, 0.4) is 0 Å². The molecule has 3 aromatic rings. The van der Waals surface area contributed by atoms with E-state index in [1.807, 2.05) is 36.4 Å². The number of nitrogens with two attached hydrogens (primary N) is 1. The molecule has 2 N–H and O–H groups in total. The van der Waals surface area contributed by atoms with Crippen molar-refractivity contribution in [2.75, 3.05) is 37.8 Å². The molecule has 0 amide bonds. The van der Waals surface area contributed by atoms with Crippen molar-refractivity contribution in [1.82, 2.24) is 9.88 Å². The number of halogens is 1. The third-order valence-corrected chi connectivity index (χ3v) is 4.98. The van der Waals surface area contributed by atoms with E-state index in [1.54, 1.807) is 24.5 Å². The average molecular weight is 409 g/mol. The maximum atomic E-state index is 11.4. The van der Waals surface area contributed by atoms with Crippen LogP contribution < -0.4 is 10.6 Å². The van der Waals surface area contributed by atoms with Gasteiger partial charge in [0.15, 0.2) is 6.29 Å². The molecule has 0 fully saturated rings. The Balaban J connectivity index is 1.94. The van der Waals surface area contributed by atoms with Gasteiger partial charge >= 0.3 is 0 Å². The van der Waals surface area contributed by atoms with Gasteiger partial charge in [0, 0.05) is 29.0 Å². The lowest BCUT2D eigenvalue weighted by Gasteiger charge is -2.27. The molecule has 0 atom stereocenters. The van der Waals surface area contributed by atoms with Crippen molar-refractivity contribution in [3.8, 4) is 11.1 Å². The molecule has 0 saturated carbocycles. The van der Waals surface area contributed by atoms with Crippen LogP contribution in [0.25, 0.3) is 11.1 Å². The summed E-state index contributed by atoms with van der Waals surface area (Å²) in [6, 6.07) is 15.2. The van der Waals surface area contributed by atoms with Crippen LogP contribution in [0.15, 0.2) is 60.9 Å². The summed E-state index contributed by atoms with van der Waals surface area (Å²) in [4.78, 5) is 20.0. The first-order valence-electron chi connectivity index (χ1n) is 9.46. The van der Waals surface area contributed by atoms with E-state index in [1.165, 1.54) is 0 Å². The molecule has 0 aliphatic rings. The number of carbonyl (C=O) groups is 1. The van der Waals surface area contributed by atoms with E-state index in [4.69, 9.17) is 17.3 Å². The third-order valence-electron chi connectivity index (χ3n) is 4.74. The first kappa shape index (κ1) is 20.8. The van der Waals surface area contributed by atoms with Crippen molar-refractivity contribution in [2.45, 2.75) is 6.42 Å². The molecular formula is C23H25ClN4O. The standard InChI is InChI=1S/C23H25ClN4O/c1-27(2)12-3-13-28(23-15-26-11-10-22(23)25)20-8-5-17(6-9-20)21-14-19(24)7-4-18(21)16-29/h4-11,14-16H,3,12-13H2,1-2H3,(H2,25,26). The second-order valence-electron chi connectivity index (χ2n) is 7.14. The summed E-state index contributed by atoms with van der Waals surface area (Å²) < 4.78 is 0. The van der Waals surface area contributed by atoms with Crippen molar-refractivity contribution in [1.29, 1.82) is 0 Å². The topological polar surface area (TPSA) is 62.5 Å². The summed E-state index contributed by atoms with van der Waals surface area (Å²) in [6.07, 6.45) is 5.32. The number of benzene rings is 2. The van der Waals surface area contributed by atoms with Gasteiger partial charge < -0.3 is 15.5 Å². The molecule has 3 rings (SSSR count). The summed E-state index contributed by atoms with van der Waals surface area (Å²) in [6.45, 7) is 1.78. The molecule has 0 aliphatic carbocycles. The third kappa shape index (κ3) is 5.13. The molecule has 2 aromatic carbocycles. The summed E-state index contributed by atoms with van der Waals surface area (Å²) in [5.41, 5.74) is 11.2.